The number of anilines is 1. The van der Waals surface area contributed by atoms with Gasteiger partial charge in [0.2, 0.25) is 5.91 Å². The highest BCUT2D eigenvalue weighted by Gasteiger charge is 2.32. The second-order valence-electron chi connectivity index (χ2n) is 9.44. The van der Waals surface area contributed by atoms with E-state index in [-0.39, 0.29) is 18.0 Å². The number of nitrogens with zero attached hydrogens (tertiary/aromatic N) is 2. The van der Waals surface area contributed by atoms with Crippen LogP contribution in [0.4, 0.5) is 10.5 Å². The van der Waals surface area contributed by atoms with Gasteiger partial charge in [-0.2, -0.15) is 0 Å². The van der Waals surface area contributed by atoms with Crippen molar-refractivity contribution in [2.24, 2.45) is 5.92 Å². The fraction of sp³-hybridized carbons (Fsp3) is 0.652. The molecule has 0 radical (unpaired) electrons. The molecule has 1 saturated heterocycles. The van der Waals surface area contributed by atoms with Crippen LogP contribution in [0.5, 0.6) is 0 Å². The Bertz CT molecular complexity index is 745. The number of rotatable bonds is 1. The van der Waals surface area contributed by atoms with E-state index in [1.165, 1.54) is 11.1 Å². The van der Waals surface area contributed by atoms with Crippen LogP contribution in [0.25, 0.3) is 0 Å². The van der Waals surface area contributed by atoms with Crippen molar-refractivity contribution >= 4 is 17.7 Å². The van der Waals surface area contributed by atoms with Crippen molar-refractivity contribution in [3.63, 3.8) is 0 Å². The Hall–Kier alpha value is -2.04. The first-order chi connectivity index (χ1) is 13.1. The first-order valence-corrected chi connectivity index (χ1v) is 10.5. The summed E-state index contributed by atoms with van der Waals surface area (Å²) in [6, 6.07) is 6.81. The van der Waals surface area contributed by atoms with Gasteiger partial charge in [-0.3, -0.25) is 4.79 Å². The predicted molar refractivity (Wildman–Crippen MR) is 112 cm³/mol. The van der Waals surface area contributed by atoms with Crippen LogP contribution in [0, 0.1) is 5.92 Å². The molecule has 28 heavy (non-hydrogen) atoms. The van der Waals surface area contributed by atoms with Crippen molar-refractivity contribution in [1.29, 1.82) is 0 Å². The zero-order valence-corrected chi connectivity index (χ0v) is 18.1. The normalized spacial score (nSPS) is 23.4. The van der Waals surface area contributed by atoms with E-state index in [0.29, 0.717) is 11.8 Å². The molecule has 5 nitrogen and oxygen atoms in total. The van der Waals surface area contributed by atoms with Crippen LogP contribution in [0.15, 0.2) is 18.2 Å². The smallest absolute Gasteiger partial charge is 0.410 e. The third kappa shape index (κ3) is 4.34. The number of carbonyl (C=O) groups excluding carboxylic acids is 2. The number of likely N-dealkylation sites (tertiary alicyclic amines) is 1. The molecule has 1 fully saturated rings. The largest absolute Gasteiger partial charge is 0.444 e. The molecule has 2 aliphatic heterocycles. The van der Waals surface area contributed by atoms with Crippen LogP contribution in [0.1, 0.15) is 71.4 Å². The van der Waals surface area contributed by atoms with Gasteiger partial charge in [-0.1, -0.05) is 19.1 Å². The first kappa shape index (κ1) is 20.7. The summed E-state index contributed by atoms with van der Waals surface area (Å²) in [6.07, 6.45) is 2.68. The summed E-state index contributed by atoms with van der Waals surface area (Å²) in [5, 5.41) is 0. The lowest BCUT2D eigenvalue weighted by molar-refractivity contribution is -0.117. The molecule has 0 aromatic heterocycles. The summed E-state index contributed by atoms with van der Waals surface area (Å²) < 4.78 is 5.50. The number of hydrogen-bond acceptors (Lipinski definition) is 3. The van der Waals surface area contributed by atoms with E-state index in [4.69, 9.17) is 4.74 Å². The molecular weight excluding hydrogens is 352 g/mol. The van der Waals surface area contributed by atoms with Gasteiger partial charge in [-0.25, -0.2) is 4.79 Å². The topological polar surface area (TPSA) is 49.9 Å². The SMILES string of the molecule is CC(=O)N1c2ccc(C3CCN(C(=O)OC(C)(C)C)CC3)cc2C[C@@H](C)[C@@H]1C. The summed E-state index contributed by atoms with van der Waals surface area (Å²) in [5.41, 5.74) is 3.21. The molecule has 2 atom stereocenters. The third-order valence-electron chi connectivity index (χ3n) is 6.09. The minimum Gasteiger partial charge on any atom is -0.444 e. The molecule has 154 valence electrons. The van der Waals surface area contributed by atoms with Crippen LogP contribution in [-0.2, 0) is 16.0 Å². The van der Waals surface area contributed by atoms with E-state index >= 15 is 0 Å². The van der Waals surface area contributed by atoms with Crippen molar-refractivity contribution in [2.75, 3.05) is 18.0 Å². The van der Waals surface area contributed by atoms with Crippen LogP contribution in [0.3, 0.4) is 0 Å². The molecule has 0 N–H and O–H groups in total. The number of ether oxygens (including phenoxy) is 1. The molecule has 0 spiro atoms. The highest BCUT2D eigenvalue weighted by Crippen LogP contribution is 2.37. The third-order valence-corrected chi connectivity index (χ3v) is 6.09. The van der Waals surface area contributed by atoms with E-state index in [1.807, 2.05) is 30.6 Å². The fourth-order valence-electron chi connectivity index (χ4n) is 4.43. The lowest BCUT2D eigenvalue weighted by atomic mass is 9.83. The molecule has 5 heteroatoms. The van der Waals surface area contributed by atoms with Gasteiger partial charge in [-0.15, -0.1) is 0 Å². The van der Waals surface area contributed by atoms with Gasteiger partial charge in [0.15, 0.2) is 0 Å². The van der Waals surface area contributed by atoms with Gasteiger partial charge in [0.05, 0.1) is 0 Å². The summed E-state index contributed by atoms with van der Waals surface area (Å²) >= 11 is 0. The molecule has 2 amide bonds. The minimum absolute atomic E-state index is 0.110. The van der Waals surface area contributed by atoms with Crippen LogP contribution in [-0.4, -0.2) is 41.6 Å². The van der Waals surface area contributed by atoms with Gasteiger partial charge in [0, 0.05) is 31.7 Å². The van der Waals surface area contributed by atoms with Crippen LogP contribution < -0.4 is 4.90 Å². The molecule has 0 aliphatic carbocycles. The van der Waals surface area contributed by atoms with Crippen LogP contribution in [0.2, 0.25) is 0 Å². The van der Waals surface area contributed by atoms with E-state index in [2.05, 4.69) is 32.0 Å². The summed E-state index contributed by atoms with van der Waals surface area (Å²) in [5.74, 6) is 1.00. The molecule has 2 aliphatic rings. The second kappa shape index (κ2) is 7.76. The average molecular weight is 387 g/mol. The van der Waals surface area contributed by atoms with Gasteiger partial charge in [-0.05, 0) is 76.0 Å². The average Bonchev–Trinajstić information content (AvgIpc) is 2.60. The fourth-order valence-corrected chi connectivity index (χ4v) is 4.43. The molecule has 1 aromatic rings. The standard InChI is InChI=1S/C23H34N2O3/c1-15-13-20-14-19(7-8-21(20)25(16(15)2)17(3)26)18-9-11-24(12-10-18)22(27)28-23(4,5)6/h7-8,14-16,18H,9-13H2,1-6H3/t15-,16+/m1/s1. The minimum atomic E-state index is -0.456. The molecule has 0 unspecified atom stereocenters. The maximum atomic E-state index is 12.3. The van der Waals surface area contributed by atoms with Gasteiger partial charge >= 0.3 is 6.09 Å². The number of carbonyl (C=O) groups is 2. The quantitative estimate of drug-likeness (QED) is 0.701. The van der Waals surface area contributed by atoms with Crippen LogP contribution >= 0.6 is 0 Å². The number of benzene rings is 1. The molecule has 2 heterocycles. The van der Waals surface area contributed by atoms with Crippen molar-refractivity contribution in [2.45, 2.75) is 78.4 Å². The Morgan fingerprint density at radius 3 is 2.32 bits per heavy atom. The molecule has 3 rings (SSSR count). The molecule has 0 bridgehead atoms. The van der Waals surface area contributed by atoms with E-state index in [9.17, 15) is 9.59 Å². The van der Waals surface area contributed by atoms with E-state index in [1.54, 1.807) is 6.92 Å². The number of amides is 2. The van der Waals surface area contributed by atoms with Crippen molar-refractivity contribution < 1.29 is 14.3 Å². The summed E-state index contributed by atoms with van der Waals surface area (Å²) in [7, 11) is 0. The van der Waals surface area contributed by atoms with Crippen molar-refractivity contribution in [1.82, 2.24) is 4.90 Å². The van der Waals surface area contributed by atoms with Crippen molar-refractivity contribution in [3.8, 4) is 0 Å². The van der Waals surface area contributed by atoms with Gasteiger partial charge in [0.25, 0.3) is 0 Å². The second-order valence-corrected chi connectivity index (χ2v) is 9.44. The number of fused-ring (bicyclic) bond motifs is 1. The zero-order valence-electron chi connectivity index (χ0n) is 18.1. The van der Waals surface area contributed by atoms with Crippen molar-refractivity contribution in [3.05, 3.63) is 29.3 Å². The Balaban J connectivity index is 1.71. The molecule has 0 saturated carbocycles. The molecule has 1 aromatic carbocycles. The number of piperidine rings is 1. The van der Waals surface area contributed by atoms with Gasteiger partial charge < -0.3 is 14.5 Å². The van der Waals surface area contributed by atoms with Gasteiger partial charge in [0.1, 0.15) is 5.60 Å². The summed E-state index contributed by atoms with van der Waals surface area (Å²) in [6.45, 7) is 13.2. The Labute approximate surface area is 169 Å². The predicted octanol–water partition coefficient (Wildman–Crippen LogP) is 4.73. The highest BCUT2D eigenvalue weighted by molar-refractivity contribution is 5.93. The Morgan fingerprint density at radius 1 is 1.11 bits per heavy atom. The first-order valence-electron chi connectivity index (χ1n) is 10.5. The molecular formula is C23H34N2O3. The Kier molecular flexibility index (Phi) is 5.74. The highest BCUT2D eigenvalue weighted by atomic mass is 16.6. The van der Waals surface area contributed by atoms with E-state index in [0.717, 1.165) is 38.0 Å². The van der Waals surface area contributed by atoms with E-state index < -0.39 is 5.60 Å². The monoisotopic (exact) mass is 386 g/mol. The zero-order chi connectivity index (χ0) is 20.6. The Morgan fingerprint density at radius 2 is 1.75 bits per heavy atom. The maximum absolute atomic E-state index is 12.3. The summed E-state index contributed by atoms with van der Waals surface area (Å²) in [4.78, 5) is 28.2. The number of hydrogen-bond donors (Lipinski definition) is 0. The maximum Gasteiger partial charge on any atom is 0.410 e. The lowest BCUT2D eigenvalue weighted by Gasteiger charge is -2.39. The lowest BCUT2D eigenvalue weighted by Crippen LogP contribution is -2.45.